The van der Waals surface area contributed by atoms with Crippen molar-refractivity contribution in [2.75, 3.05) is 0 Å². The van der Waals surface area contributed by atoms with Crippen LogP contribution in [-0.2, 0) is 4.79 Å². The van der Waals surface area contributed by atoms with Crippen LogP contribution in [0.5, 0.6) is 0 Å². The van der Waals surface area contributed by atoms with E-state index in [0.29, 0.717) is 22.4 Å². The fourth-order valence-corrected chi connectivity index (χ4v) is 2.85. The molecule has 0 saturated carbocycles. The first-order valence-corrected chi connectivity index (χ1v) is 7.65. The smallest absolute Gasteiger partial charge is 0.259 e. The number of rotatable bonds is 4. The van der Waals surface area contributed by atoms with Crippen molar-refractivity contribution < 1.29 is 9.59 Å². The highest BCUT2D eigenvalue weighted by Gasteiger charge is 2.21. The van der Waals surface area contributed by atoms with Gasteiger partial charge in [-0.15, -0.1) is 0 Å². The van der Waals surface area contributed by atoms with Crippen molar-refractivity contribution in [3.05, 3.63) is 82.7 Å². The minimum absolute atomic E-state index is 0.128. The SMILES string of the molecule is Cc1c(/C=C(\C#N)C(N)=O)c2ccccn2c1C(=O)c1ccccc1. The molecular formula is C20H15N3O2. The zero-order valence-electron chi connectivity index (χ0n) is 13.6. The standard InChI is InChI=1S/C20H15N3O2/c1-13-16(11-15(12-21)20(22)25)17-9-5-6-10-23(17)18(13)19(24)14-7-3-2-4-8-14/h2-11H,1H3,(H2,22,25)/b15-11+. The van der Waals surface area contributed by atoms with Gasteiger partial charge in [-0.25, -0.2) is 0 Å². The molecule has 3 rings (SSSR count). The van der Waals surface area contributed by atoms with E-state index in [-0.39, 0.29) is 11.4 Å². The number of primary amides is 1. The number of amides is 1. The van der Waals surface area contributed by atoms with Crippen LogP contribution in [0.1, 0.15) is 27.2 Å². The number of fused-ring (bicyclic) bond motifs is 1. The van der Waals surface area contributed by atoms with E-state index in [1.54, 1.807) is 47.9 Å². The summed E-state index contributed by atoms with van der Waals surface area (Å²) < 4.78 is 1.77. The highest BCUT2D eigenvalue weighted by molar-refractivity contribution is 6.11. The molecule has 2 heterocycles. The van der Waals surface area contributed by atoms with Gasteiger partial charge in [-0.3, -0.25) is 9.59 Å². The van der Waals surface area contributed by atoms with Gasteiger partial charge in [0.1, 0.15) is 11.6 Å². The molecule has 0 unspecified atom stereocenters. The summed E-state index contributed by atoms with van der Waals surface area (Å²) in [7, 11) is 0. The first-order valence-electron chi connectivity index (χ1n) is 7.65. The van der Waals surface area contributed by atoms with Crippen LogP contribution in [0.25, 0.3) is 11.6 Å². The Morgan fingerprint density at radius 3 is 2.44 bits per heavy atom. The first kappa shape index (κ1) is 16.2. The maximum absolute atomic E-state index is 13.0. The molecule has 0 aliphatic rings. The number of pyridine rings is 1. The number of carbonyl (C=O) groups excluding carboxylic acids is 2. The third-order valence-corrected chi connectivity index (χ3v) is 4.06. The quantitative estimate of drug-likeness (QED) is 0.453. The maximum atomic E-state index is 13.0. The van der Waals surface area contributed by atoms with Crippen LogP contribution in [-0.4, -0.2) is 16.1 Å². The number of aromatic nitrogens is 1. The number of benzene rings is 1. The molecule has 3 aromatic rings. The van der Waals surface area contributed by atoms with Crippen LogP contribution in [0.3, 0.4) is 0 Å². The van der Waals surface area contributed by atoms with E-state index in [4.69, 9.17) is 11.0 Å². The van der Waals surface area contributed by atoms with E-state index in [1.165, 1.54) is 6.08 Å². The van der Waals surface area contributed by atoms with Gasteiger partial charge in [-0.2, -0.15) is 5.26 Å². The average Bonchev–Trinajstić information content (AvgIpc) is 2.91. The van der Waals surface area contributed by atoms with Gasteiger partial charge in [-0.05, 0) is 30.7 Å². The van der Waals surface area contributed by atoms with Gasteiger partial charge in [-0.1, -0.05) is 36.4 Å². The average molecular weight is 329 g/mol. The Morgan fingerprint density at radius 1 is 1.12 bits per heavy atom. The Kier molecular flexibility index (Phi) is 4.19. The second kappa shape index (κ2) is 6.46. The van der Waals surface area contributed by atoms with Gasteiger partial charge >= 0.3 is 0 Å². The predicted octanol–water partition coefficient (Wildman–Crippen LogP) is 2.87. The highest BCUT2D eigenvalue weighted by Crippen LogP contribution is 2.27. The highest BCUT2D eigenvalue weighted by atomic mass is 16.1. The number of nitriles is 1. The van der Waals surface area contributed by atoms with E-state index in [0.717, 1.165) is 5.52 Å². The zero-order chi connectivity index (χ0) is 18.0. The molecule has 25 heavy (non-hydrogen) atoms. The van der Waals surface area contributed by atoms with Crippen molar-refractivity contribution in [1.29, 1.82) is 5.26 Å². The molecule has 0 spiro atoms. The number of carbonyl (C=O) groups is 2. The summed E-state index contributed by atoms with van der Waals surface area (Å²) >= 11 is 0. The second-order valence-corrected chi connectivity index (χ2v) is 5.57. The summed E-state index contributed by atoms with van der Waals surface area (Å²) in [5.41, 5.74) is 8.21. The summed E-state index contributed by atoms with van der Waals surface area (Å²) in [5.74, 6) is -0.926. The second-order valence-electron chi connectivity index (χ2n) is 5.57. The van der Waals surface area contributed by atoms with Crippen molar-refractivity contribution in [3.63, 3.8) is 0 Å². The summed E-state index contributed by atoms with van der Waals surface area (Å²) in [6, 6.07) is 16.3. The number of hydrogen-bond acceptors (Lipinski definition) is 3. The van der Waals surface area contributed by atoms with Crippen molar-refractivity contribution >= 4 is 23.3 Å². The monoisotopic (exact) mass is 329 g/mol. The number of nitrogens with zero attached hydrogens (tertiary/aromatic N) is 2. The Bertz CT molecular complexity index is 1050. The molecule has 0 saturated heterocycles. The molecule has 0 aliphatic heterocycles. The van der Waals surface area contributed by atoms with Gasteiger partial charge in [0.05, 0.1) is 11.2 Å². The zero-order valence-corrected chi connectivity index (χ0v) is 13.6. The normalized spacial score (nSPS) is 11.3. The topological polar surface area (TPSA) is 88.4 Å². The molecule has 122 valence electrons. The molecule has 5 heteroatoms. The molecule has 0 bridgehead atoms. The van der Waals surface area contributed by atoms with E-state index < -0.39 is 5.91 Å². The molecule has 0 radical (unpaired) electrons. The molecule has 2 N–H and O–H groups in total. The van der Waals surface area contributed by atoms with E-state index in [1.807, 2.05) is 24.3 Å². The molecule has 1 aromatic carbocycles. The molecule has 1 amide bonds. The Balaban J connectivity index is 2.29. The van der Waals surface area contributed by atoms with Crippen LogP contribution < -0.4 is 5.73 Å². The van der Waals surface area contributed by atoms with Crippen molar-refractivity contribution in [2.24, 2.45) is 5.73 Å². The van der Waals surface area contributed by atoms with E-state index >= 15 is 0 Å². The van der Waals surface area contributed by atoms with Gasteiger partial charge < -0.3 is 10.1 Å². The third-order valence-electron chi connectivity index (χ3n) is 4.06. The van der Waals surface area contributed by atoms with E-state index in [9.17, 15) is 9.59 Å². The fraction of sp³-hybridized carbons (Fsp3) is 0.0500. The van der Waals surface area contributed by atoms with Gasteiger partial charge in [0, 0.05) is 17.3 Å². The van der Waals surface area contributed by atoms with Gasteiger partial charge in [0.15, 0.2) is 0 Å². The largest absolute Gasteiger partial charge is 0.365 e. The van der Waals surface area contributed by atoms with Crippen LogP contribution in [0.2, 0.25) is 0 Å². The van der Waals surface area contributed by atoms with Crippen molar-refractivity contribution in [1.82, 2.24) is 4.40 Å². The summed E-state index contributed by atoms with van der Waals surface area (Å²) in [6.45, 7) is 1.80. The number of nitrogens with two attached hydrogens (primary N) is 1. The summed E-state index contributed by atoms with van der Waals surface area (Å²) in [6.07, 6.45) is 3.22. The third kappa shape index (κ3) is 2.81. The van der Waals surface area contributed by atoms with Crippen LogP contribution >= 0.6 is 0 Å². The molecule has 2 aromatic heterocycles. The molecule has 0 aliphatic carbocycles. The number of ketones is 1. The fourth-order valence-electron chi connectivity index (χ4n) is 2.85. The van der Waals surface area contributed by atoms with Crippen molar-refractivity contribution in [3.8, 4) is 6.07 Å². The minimum Gasteiger partial charge on any atom is -0.365 e. The van der Waals surface area contributed by atoms with Gasteiger partial charge in [0.25, 0.3) is 5.91 Å². The Labute approximate surface area is 144 Å². The van der Waals surface area contributed by atoms with E-state index in [2.05, 4.69) is 0 Å². The lowest BCUT2D eigenvalue weighted by atomic mass is 10.0. The summed E-state index contributed by atoms with van der Waals surface area (Å²) in [4.78, 5) is 24.4. The molecule has 5 nitrogen and oxygen atoms in total. The lowest BCUT2D eigenvalue weighted by Gasteiger charge is -2.03. The predicted molar refractivity (Wildman–Crippen MR) is 94.8 cm³/mol. The number of hydrogen-bond donors (Lipinski definition) is 1. The lowest BCUT2D eigenvalue weighted by Crippen LogP contribution is -2.12. The molecular weight excluding hydrogens is 314 g/mol. The van der Waals surface area contributed by atoms with Crippen molar-refractivity contribution in [2.45, 2.75) is 6.92 Å². The lowest BCUT2D eigenvalue weighted by molar-refractivity contribution is -0.114. The first-order chi connectivity index (χ1) is 12.0. The maximum Gasteiger partial charge on any atom is 0.259 e. The summed E-state index contributed by atoms with van der Waals surface area (Å²) in [5, 5.41) is 9.12. The minimum atomic E-state index is -0.798. The van der Waals surface area contributed by atoms with Crippen LogP contribution in [0, 0.1) is 18.3 Å². The van der Waals surface area contributed by atoms with Crippen LogP contribution in [0.4, 0.5) is 0 Å². The van der Waals surface area contributed by atoms with Crippen LogP contribution in [0.15, 0.2) is 60.3 Å². The molecule has 0 atom stereocenters. The Morgan fingerprint density at radius 2 is 1.80 bits per heavy atom. The van der Waals surface area contributed by atoms with Gasteiger partial charge in [0.2, 0.25) is 5.78 Å². The Hall–Kier alpha value is -3.65. The molecule has 0 fully saturated rings.